The Bertz CT molecular complexity index is 2500. The molecule has 0 aromatic carbocycles. The minimum atomic E-state index is -1.65. The van der Waals surface area contributed by atoms with Gasteiger partial charge in [0.15, 0.2) is 0 Å². The Balaban J connectivity index is 4.34. The summed E-state index contributed by atoms with van der Waals surface area (Å²) in [6, 6.07) is -10.4. The van der Waals surface area contributed by atoms with Crippen LogP contribution in [-0.4, -0.2) is 227 Å². The van der Waals surface area contributed by atoms with E-state index in [1.54, 1.807) is 41.5 Å². The molecule has 0 unspecified atom stereocenters. The van der Waals surface area contributed by atoms with Gasteiger partial charge >= 0.3 is 0 Å². The highest BCUT2D eigenvalue weighted by atomic mass is 16.3. The monoisotopic (exact) mass is 1270 g/mol. The Morgan fingerprint density at radius 1 is 0.489 bits per heavy atom. The molecule has 0 bridgehead atoms. The molecule has 24 nitrogen and oxygen atoms in total. The number of rotatable bonds is 19. The fourth-order valence-corrected chi connectivity index (χ4v) is 11.2. The minimum absolute atomic E-state index is 0.00498. The normalized spacial score (nSPS) is 26.0. The second-order valence-corrected chi connectivity index (χ2v) is 27.4. The van der Waals surface area contributed by atoms with Crippen LogP contribution in [-0.2, 0) is 52.7 Å². The van der Waals surface area contributed by atoms with Crippen molar-refractivity contribution in [3.05, 3.63) is 12.2 Å². The van der Waals surface area contributed by atoms with Gasteiger partial charge in [-0.05, 0) is 113 Å². The number of nitrogens with zero attached hydrogens (tertiary/aromatic N) is 8. The summed E-state index contributed by atoms with van der Waals surface area (Å²) in [6.45, 7) is 27.5. The number of amides is 11. The molecule has 1 fully saturated rings. The summed E-state index contributed by atoms with van der Waals surface area (Å²) in [5, 5.41) is 32.3. The number of nitrogens with one attached hydrogen (secondary N) is 4. The standard InChI is InChI=1S/C66H116N12O12/c1-24-47-62(86)72(17)37-52(79)73(18)48(33-38(2)3)59(83)71-53(42(10)11)65(89)74(19)49(34-39(4)5)58(82)68-45(15)57(81)69-46(16)61(85)75(20)50(35-40(6)7)63(87)76(21)51(36-41(8)9)64(88)77(22)54(43(12)13)66(90)78(23)55(60(84)70-47)56(80)44(14)31-29-27-25-26-28-30-32-67/h27,29,38-51,53-56,80H,24-26,28,30-31,33-37H2,1-23H3,(H,68,82)(H,69,81)(H,70,84)(H,71,83)/b29-27+/t44-,45-,46+,47-,48+,49-,50-,51-,53-,54-,55+,56-/m1/s1. The zero-order valence-electron chi connectivity index (χ0n) is 58.8. The van der Waals surface area contributed by atoms with Crippen LogP contribution >= 0.6 is 0 Å². The van der Waals surface area contributed by atoms with Gasteiger partial charge in [-0.2, -0.15) is 5.26 Å². The van der Waals surface area contributed by atoms with E-state index in [1.807, 2.05) is 67.5 Å². The Kier molecular flexibility index (Phi) is 34.6. The maximum Gasteiger partial charge on any atom is 0.246 e. The lowest BCUT2D eigenvalue weighted by Crippen LogP contribution is -2.63. The smallest absolute Gasteiger partial charge is 0.246 e. The van der Waals surface area contributed by atoms with Crippen molar-refractivity contribution in [1.82, 2.24) is 55.6 Å². The molecule has 0 aromatic heterocycles. The predicted octanol–water partition coefficient (Wildman–Crippen LogP) is 4.33. The lowest BCUT2D eigenvalue weighted by atomic mass is 9.91. The molecule has 1 heterocycles. The average Bonchev–Trinajstić information content (AvgIpc) is 0.858. The van der Waals surface area contributed by atoms with E-state index in [2.05, 4.69) is 27.3 Å². The summed E-state index contributed by atoms with van der Waals surface area (Å²) >= 11 is 0. The third kappa shape index (κ3) is 23.9. The number of aliphatic hydroxyl groups is 1. The molecule has 1 aliphatic rings. The molecule has 0 saturated carbocycles. The molecule has 0 aromatic rings. The van der Waals surface area contributed by atoms with Gasteiger partial charge in [0.05, 0.1) is 18.7 Å². The molecular formula is C66H116N12O12. The number of hydrogen-bond donors (Lipinski definition) is 5. The first-order chi connectivity index (χ1) is 41.7. The summed E-state index contributed by atoms with van der Waals surface area (Å²) in [5.74, 6) is -9.95. The molecule has 1 aliphatic heterocycles. The third-order valence-electron chi connectivity index (χ3n) is 16.9. The molecular weight excluding hydrogens is 1150 g/mol. The Hall–Kier alpha value is -6.64. The zero-order chi connectivity index (χ0) is 69.5. The van der Waals surface area contributed by atoms with Gasteiger partial charge in [0, 0.05) is 55.8 Å². The molecule has 1 saturated heterocycles. The number of carbonyl (C=O) groups is 11. The number of hydrogen-bond acceptors (Lipinski definition) is 13. The summed E-state index contributed by atoms with van der Waals surface area (Å²) in [5.41, 5.74) is 0. The van der Waals surface area contributed by atoms with Crippen LogP contribution in [0.25, 0.3) is 0 Å². The van der Waals surface area contributed by atoms with Crippen molar-refractivity contribution in [2.24, 2.45) is 41.4 Å². The number of carbonyl (C=O) groups excluding carboxylic acids is 11. The molecule has 90 heavy (non-hydrogen) atoms. The maximum absolute atomic E-state index is 15.3. The summed E-state index contributed by atoms with van der Waals surface area (Å²) < 4.78 is 0. The highest BCUT2D eigenvalue weighted by Gasteiger charge is 2.46. The summed E-state index contributed by atoms with van der Waals surface area (Å²) in [6.07, 6.45) is 5.65. The Morgan fingerprint density at radius 3 is 1.41 bits per heavy atom. The molecule has 0 radical (unpaired) electrons. The van der Waals surface area contributed by atoms with Crippen molar-refractivity contribution in [1.29, 1.82) is 5.26 Å². The van der Waals surface area contributed by atoms with E-state index >= 15 is 14.4 Å². The highest BCUT2D eigenvalue weighted by molar-refractivity contribution is 5.99. The first kappa shape index (κ1) is 81.4. The molecule has 512 valence electrons. The van der Waals surface area contributed by atoms with Crippen LogP contribution in [0.2, 0.25) is 0 Å². The first-order valence-electron chi connectivity index (χ1n) is 32.5. The number of unbranched alkanes of at least 4 members (excludes halogenated alkanes) is 3. The van der Waals surface area contributed by atoms with Gasteiger partial charge < -0.3 is 60.7 Å². The molecule has 1 rings (SSSR count). The Morgan fingerprint density at radius 2 is 0.933 bits per heavy atom. The zero-order valence-corrected chi connectivity index (χ0v) is 58.8. The average molecular weight is 1270 g/mol. The van der Waals surface area contributed by atoms with Crippen LogP contribution in [0.4, 0.5) is 0 Å². The molecule has 24 heteroatoms. The van der Waals surface area contributed by atoms with Crippen LogP contribution in [0.15, 0.2) is 12.2 Å². The van der Waals surface area contributed by atoms with Crippen LogP contribution < -0.4 is 21.3 Å². The van der Waals surface area contributed by atoms with Crippen LogP contribution in [0.5, 0.6) is 0 Å². The van der Waals surface area contributed by atoms with Gasteiger partial charge in [-0.15, -0.1) is 0 Å². The number of nitriles is 1. The van der Waals surface area contributed by atoms with Crippen molar-refractivity contribution in [3.8, 4) is 6.07 Å². The van der Waals surface area contributed by atoms with Crippen molar-refractivity contribution >= 4 is 65.0 Å². The second kappa shape index (κ2) is 38.3. The molecule has 0 spiro atoms. The van der Waals surface area contributed by atoms with E-state index < -0.39 is 156 Å². The lowest BCUT2D eigenvalue weighted by molar-refractivity contribution is -0.157. The van der Waals surface area contributed by atoms with E-state index in [1.165, 1.54) is 87.7 Å². The first-order valence-corrected chi connectivity index (χ1v) is 32.5. The van der Waals surface area contributed by atoms with E-state index in [0.29, 0.717) is 19.3 Å². The molecule has 0 aliphatic carbocycles. The SMILES string of the molecule is CC[C@H]1NC(=O)[C@H]([C@H](O)[C@H](C)C/C=C/CCCCC#N)N(C)C(=O)[C@@H](C(C)C)N(C)C(=O)[C@@H](CC(C)C)N(C)C(=O)[C@@H](CC(C)C)N(C)C(=O)[C@H](C)NC(=O)[C@@H](C)NC(=O)[C@@H](CC(C)C)N(C)C(=O)[C@@H](C(C)C)NC(=O)[C@H](CC(C)C)N(C)C(=O)CN(C)C1=O. The van der Waals surface area contributed by atoms with Gasteiger partial charge in [0.2, 0.25) is 65.0 Å². The molecule has 5 N–H and O–H groups in total. The van der Waals surface area contributed by atoms with Gasteiger partial charge in [-0.1, -0.05) is 109 Å². The highest BCUT2D eigenvalue weighted by Crippen LogP contribution is 2.26. The van der Waals surface area contributed by atoms with Crippen LogP contribution in [0.1, 0.15) is 175 Å². The van der Waals surface area contributed by atoms with Crippen molar-refractivity contribution in [2.75, 3.05) is 55.9 Å². The van der Waals surface area contributed by atoms with Crippen molar-refractivity contribution in [3.63, 3.8) is 0 Å². The van der Waals surface area contributed by atoms with E-state index in [4.69, 9.17) is 5.26 Å². The van der Waals surface area contributed by atoms with Crippen molar-refractivity contribution in [2.45, 2.75) is 242 Å². The quantitative estimate of drug-likeness (QED) is 0.0890. The minimum Gasteiger partial charge on any atom is -0.390 e. The number of allylic oxidation sites excluding steroid dienone is 2. The number of aliphatic hydroxyl groups excluding tert-OH is 1. The Labute approximate surface area is 538 Å². The topological polar surface area (TPSA) is 303 Å². The van der Waals surface area contributed by atoms with E-state index in [9.17, 15) is 43.5 Å². The van der Waals surface area contributed by atoms with Crippen LogP contribution in [0.3, 0.4) is 0 Å². The fraction of sp³-hybridized carbons (Fsp3) is 0.788. The maximum atomic E-state index is 15.3. The summed E-state index contributed by atoms with van der Waals surface area (Å²) in [7, 11) is 9.89. The predicted molar refractivity (Wildman–Crippen MR) is 347 cm³/mol. The van der Waals surface area contributed by atoms with Gasteiger partial charge in [-0.25, -0.2) is 0 Å². The summed E-state index contributed by atoms with van der Waals surface area (Å²) in [4.78, 5) is 169. The number of likely N-dealkylation sites (N-methyl/N-ethyl adjacent to an activating group) is 7. The third-order valence-corrected chi connectivity index (χ3v) is 16.9. The largest absolute Gasteiger partial charge is 0.390 e. The van der Waals surface area contributed by atoms with Gasteiger partial charge in [-0.3, -0.25) is 52.7 Å². The van der Waals surface area contributed by atoms with E-state index in [0.717, 1.165) is 16.2 Å². The second-order valence-electron chi connectivity index (χ2n) is 27.4. The molecule has 12 atom stereocenters. The molecule has 11 amide bonds. The van der Waals surface area contributed by atoms with Gasteiger partial charge in [0.25, 0.3) is 0 Å². The van der Waals surface area contributed by atoms with Gasteiger partial charge in [0.1, 0.15) is 60.4 Å². The van der Waals surface area contributed by atoms with E-state index in [-0.39, 0.29) is 62.2 Å². The van der Waals surface area contributed by atoms with Crippen LogP contribution in [0, 0.1) is 52.8 Å². The lowest BCUT2D eigenvalue weighted by Gasteiger charge is -2.41. The fourth-order valence-electron chi connectivity index (χ4n) is 11.2. The van der Waals surface area contributed by atoms with Crippen molar-refractivity contribution < 1.29 is 57.8 Å².